The Kier molecular flexibility index (Phi) is 38.6. The summed E-state index contributed by atoms with van der Waals surface area (Å²) in [5, 5.41) is 0. The van der Waals surface area contributed by atoms with Gasteiger partial charge in [-0.05, 0) is 0 Å². The average molecular weight is 523 g/mol. The first kappa shape index (κ1) is 39.2. The molecule has 0 saturated heterocycles. The van der Waals surface area contributed by atoms with Crippen LogP contribution in [0.1, 0.15) is 91.9 Å². The molecule has 2 aliphatic rings. The summed E-state index contributed by atoms with van der Waals surface area (Å²) in [6.45, 7) is 10.9. The first-order valence-corrected chi connectivity index (χ1v) is 15.6. The third-order valence-corrected chi connectivity index (χ3v) is 4.35. The molecule has 0 atom stereocenters. The van der Waals surface area contributed by atoms with Gasteiger partial charge in [-0.25, -0.2) is 23.3 Å². The zero-order chi connectivity index (χ0) is 18.2. The number of hydrogen-bond donors (Lipinski definition) is 0. The van der Waals surface area contributed by atoms with Crippen molar-refractivity contribution >= 4 is 31.7 Å². The summed E-state index contributed by atoms with van der Waals surface area (Å²) in [7, 11) is 0. The van der Waals surface area contributed by atoms with Crippen LogP contribution in [0.4, 0.5) is 0 Å². The maximum absolute atomic E-state index is 3.42. The molecule has 0 radical (unpaired) electrons. The van der Waals surface area contributed by atoms with Crippen LogP contribution in [0.2, 0.25) is 0 Å². The number of unbranched alkanes of at least 4 members (excludes halogenated alkanes) is 2. The molecule has 0 nitrogen and oxygen atoms in total. The maximum atomic E-state index is 3.42. The van der Waals surface area contributed by atoms with Crippen LogP contribution in [0.15, 0.2) is 34.4 Å². The Morgan fingerprint density at radius 1 is 0.750 bits per heavy atom. The molecule has 0 unspecified atom stereocenters. The molecule has 0 spiro atoms. The van der Waals surface area contributed by atoms with Gasteiger partial charge in [0.2, 0.25) is 0 Å². The van der Waals surface area contributed by atoms with Gasteiger partial charge >= 0.3 is 30.2 Å². The second-order valence-electron chi connectivity index (χ2n) is 6.28. The van der Waals surface area contributed by atoms with E-state index in [-0.39, 0.29) is 39.7 Å². The molecule has 0 heterocycles. The second kappa shape index (κ2) is 27.6. The van der Waals surface area contributed by atoms with E-state index in [0.29, 0.717) is 0 Å². The van der Waals surface area contributed by atoms with Gasteiger partial charge in [-0.3, -0.25) is 12.2 Å². The first-order valence-electron chi connectivity index (χ1n) is 9.67. The van der Waals surface area contributed by atoms with Gasteiger partial charge in [0.25, 0.3) is 0 Å². The van der Waals surface area contributed by atoms with Crippen LogP contribution in [-0.4, -0.2) is 6.88 Å². The van der Waals surface area contributed by atoms with Crippen molar-refractivity contribution in [3.05, 3.63) is 61.4 Å². The van der Waals surface area contributed by atoms with Gasteiger partial charge in [-0.2, -0.15) is 11.1 Å². The molecule has 4 heteroatoms. The molecule has 0 aromatic heterocycles. The second-order valence-corrected chi connectivity index (χ2v) is 6.28. The fourth-order valence-corrected chi connectivity index (χ4v) is 2.66. The molecule has 0 aliphatic heterocycles. The van der Waals surface area contributed by atoms with E-state index in [9.17, 15) is 0 Å². The normalized spacial score (nSPS) is 13.1. The number of halogens is 2. The summed E-state index contributed by atoms with van der Waals surface area (Å²) in [6, 6.07) is 0. The topological polar surface area (TPSA) is 0 Å². The summed E-state index contributed by atoms with van der Waals surface area (Å²) in [5.41, 5.74) is 6.00. The molecule has 0 aromatic carbocycles. The summed E-state index contributed by atoms with van der Waals surface area (Å²) in [4.78, 5) is 0. The van der Waals surface area contributed by atoms with Crippen molar-refractivity contribution in [2.45, 2.75) is 91.9 Å². The molecule has 0 bridgehead atoms. The van der Waals surface area contributed by atoms with Crippen molar-refractivity contribution in [1.82, 2.24) is 0 Å². The Bertz CT molecular complexity index is 423. The van der Waals surface area contributed by atoms with Gasteiger partial charge in [0.15, 0.2) is 0 Å². The van der Waals surface area contributed by atoms with E-state index in [1.165, 1.54) is 62.5 Å². The van der Waals surface area contributed by atoms with E-state index in [0.717, 1.165) is 12.8 Å². The molecule has 166 valence electrons. The van der Waals surface area contributed by atoms with Gasteiger partial charge < -0.3 is 14.9 Å². The van der Waals surface area contributed by atoms with Crippen LogP contribution >= 0.6 is 24.8 Å². The third-order valence-electron chi connectivity index (χ3n) is 4.35. The van der Waals surface area contributed by atoms with E-state index < -0.39 is 0 Å². The Morgan fingerprint density at radius 3 is 1.29 bits per heavy atom. The number of rotatable bonds is 8. The van der Waals surface area contributed by atoms with Crippen molar-refractivity contribution < 1.29 is 23.3 Å². The zero-order valence-electron chi connectivity index (χ0n) is 19.2. The van der Waals surface area contributed by atoms with Crippen LogP contribution < -0.4 is 0 Å². The van der Waals surface area contributed by atoms with Crippen LogP contribution in [0.25, 0.3) is 0 Å². The van der Waals surface area contributed by atoms with Crippen molar-refractivity contribution in [3.63, 3.8) is 0 Å². The molecule has 0 amide bonds. The van der Waals surface area contributed by atoms with E-state index in [4.69, 9.17) is 0 Å². The third kappa shape index (κ3) is 18.7. The van der Waals surface area contributed by atoms with Crippen LogP contribution in [0.3, 0.4) is 0 Å². The molecule has 0 aromatic rings. The van der Waals surface area contributed by atoms with Gasteiger partial charge in [-0.15, -0.1) is 37.7 Å². The fourth-order valence-electron chi connectivity index (χ4n) is 2.66. The van der Waals surface area contributed by atoms with Gasteiger partial charge in [0.1, 0.15) is 0 Å². The molecule has 0 fully saturated rings. The van der Waals surface area contributed by atoms with Gasteiger partial charge in [-0.1, -0.05) is 79.1 Å². The SMILES string of the molecule is CCCCC1=[C-]CC(CC)=C1.CCCCC1=[C-]CC(CC)=C1.Cl.Cl.[CH3-].[CH3-].[SiH2]=[Zr]. The van der Waals surface area contributed by atoms with E-state index in [1.807, 2.05) is 6.88 Å². The van der Waals surface area contributed by atoms with Gasteiger partial charge in [0, 0.05) is 0 Å². The van der Waals surface area contributed by atoms with Crippen LogP contribution in [-0.2, 0) is 23.3 Å². The van der Waals surface area contributed by atoms with Crippen molar-refractivity contribution in [3.8, 4) is 0 Å². The van der Waals surface area contributed by atoms with Crippen molar-refractivity contribution in [2.24, 2.45) is 0 Å². The Labute approximate surface area is 207 Å². The first-order chi connectivity index (χ1) is 11.7. The monoisotopic (exact) mass is 520 g/mol. The summed E-state index contributed by atoms with van der Waals surface area (Å²) in [6.07, 6.45) is 23.8. The minimum atomic E-state index is 0. The Morgan fingerprint density at radius 2 is 1.07 bits per heavy atom. The van der Waals surface area contributed by atoms with E-state index in [2.05, 4.69) is 52.0 Å². The molecule has 0 N–H and O–H groups in total. The van der Waals surface area contributed by atoms with E-state index in [1.54, 1.807) is 34.5 Å². The molecule has 0 saturated carbocycles. The van der Waals surface area contributed by atoms with Crippen molar-refractivity contribution in [1.29, 1.82) is 0 Å². The van der Waals surface area contributed by atoms with E-state index >= 15 is 0 Å². The van der Waals surface area contributed by atoms with Crippen molar-refractivity contribution in [2.75, 3.05) is 0 Å². The summed E-state index contributed by atoms with van der Waals surface area (Å²) in [5.74, 6) is 0. The number of allylic oxidation sites excluding steroid dienone is 8. The molecule has 2 rings (SSSR count). The molecular formula is C24H44Cl2SiZr-4. The predicted octanol–water partition coefficient (Wildman–Crippen LogP) is 8.12. The molecule has 2 aliphatic carbocycles. The average Bonchev–Trinajstić information content (AvgIpc) is 3.29. The quantitative estimate of drug-likeness (QED) is 0.223. The standard InChI is InChI=1S/2C11H17.2CH3.2ClH.H2Si.Zr/c2*1-3-5-6-11-8-7-10(4-2)9-11;;;;;;/h2*9H,3-7H2,1-2H3;2*1H3;2*1H;1H2;/q4*-1;;;;. The Hall–Kier alpha value is 0.640. The van der Waals surface area contributed by atoms with Gasteiger partial charge in [0.05, 0.1) is 0 Å². The Balaban J connectivity index is -0.000000102. The molecule has 28 heavy (non-hydrogen) atoms. The number of hydrogen-bond acceptors (Lipinski definition) is 0. The fraction of sp³-hybridized carbons (Fsp3) is 0.583. The van der Waals surface area contributed by atoms with Crippen LogP contribution in [0, 0.1) is 27.0 Å². The minimum absolute atomic E-state index is 0. The predicted molar refractivity (Wildman–Crippen MR) is 134 cm³/mol. The summed E-state index contributed by atoms with van der Waals surface area (Å²) >= 11 is 1.58. The molecular weight excluding hydrogens is 478 g/mol. The van der Waals surface area contributed by atoms with Crippen LogP contribution in [0.5, 0.6) is 0 Å². The zero-order valence-corrected chi connectivity index (χ0v) is 24.8. The summed E-state index contributed by atoms with van der Waals surface area (Å²) < 4.78 is 0.